The predicted octanol–water partition coefficient (Wildman–Crippen LogP) is 10.4. The Kier molecular flexibility index (Phi) is 5.17. The Morgan fingerprint density at radius 2 is 1.24 bits per heavy atom. The lowest BCUT2D eigenvalue weighted by Crippen LogP contribution is -2.17. The van der Waals surface area contributed by atoms with Crippen LogP contribution in [-0.4, -0.2) is 4.98 Å². The second-order valence-corrected chi connectivity index (χ2v) is 11.3. The number of furan rings is 1. The molecule has 7 aromatic rings. The molecule has 0 saturated heterocycles. The summed E-state index contributed by atoms with van der Waals surface area (Å²) in [6.45, 7) is 4.56. The van der Waals surface area contributed by atoms with Crippen molar-refractivity contribution in [2.75, 3.05) is 4.90 Å². The molecule has 2 aromatic heterocycles. The zero-order valence-electron chi connectivity index (χ0n) is 23.0. The molecule has 196 valence electrons. The molecule has 5 aromatic carbocycles. The second kappa shape index (κ2) is 8.94. The maximum Gasteiger partial charge on any atom is 0.135 e. The monoisotopic (exact) mass is 528 g/mol. The van der Waals surface area contributed by atoms with Crippen LogP contribution in [0.1, 0.15) is 25.1 Å². The summed E-state index contributed by atoms with van der Waals surface area (Å²) in [7, 11) is 0. The summed E-state index contributed by atoms with van der Waals surface area (Å²) >= 11 is 0. The van der Waals surface area contributed by atoms with Crippen LogP contribution in [0.4, 0.5) is 17.1 Å². The molecule has 0 spiro atoms. The van der Waals surface area contributed by atoms with Crippen molar-refractivity contribution in [3.05, 3.63) is 145 Å². The Balaban J connectivity index is 1.30. The van der Waals surface area contributed by atoms with Crippen molar-refractivity contribution in [2.24, 2.45) is 0 Å². The van der Waals surface area contributed by atoms with E-state index in [1.165, 1.54) is 33.2 Å². The van der Waals surface area contributed by atoms with Gasteiger partial charge in [-0.05, 0) is 64.7 Å². The first-order chi connectivity index (χ1) is 20.1. The highest BCUT2D eigenvalue weighted by molar-refractivity contribution is 6.11. The van der Waals surface area contributed by atoms with Crippen LogP contribution in [0.15, 0.2) is 138 Å². The van der Waals surface area contributed by atoms with Crippen molar-refractivity contribution < 1.29 is 4.42 Å². The molecule has 1 aliphatic carbocycles. The van der Waals surface area contributed by atoms with E-state index in [2.05, 4.69) is 134 Å². The van der Waals surface area contributed by atoms with Crippen molar-refractivity contribution >= 4 is 39.0 Å². The SMILES string of the molecule is CC1(C)c2ncc(N(c3ccccc3)c3ccc(-c4ccccc4)cc3)cc2-c2ccc3oc4ccccc4c3c21. The van der Waals surface area contributed by atoms with Gasteiger partial charge in [-0.2, -0.15) is 0 Å². The summed E-state index contributed by atoms with van der Waals surface area (Å²) in [6, 6.07) is 44.8. The highest BCUT2D eigenvalue weighted by Gasteiger charge is 2.40. The van der Waals surface area contributed by atoms with Crippen molar-refractivity contribution in [2.45, 2.75) is 19.3 Å². The molecule has 1 aliphatic rings. The maximum absolute atomic E-state index is 6.26. The molecule has 0 bridgehead atoms. The van der Waals surface area contributed by atoms with E-state index in [1.807, 2.05) is 18.3 Å². The minimum atomic E-state index is -0.260. The van der Waals surface area contributed by atoms with Gasteiger partial charge in [-0.1, -0.05) is 98.8 Å². The van der Waals surface area contributed by atoms with Crippen molar-refractivity contribution in [3.8, 4) is 22.3 Å². The summed E-state index contributed by atoms with van der Waals surface area (Å²) in [4.78, 5) is 7.45. The van der Waals surface area contributed by atoms with Gasteiger partial charge in [-0.25, -0.2) is 0 Å². The van der Waals surface area contributed by atoms with Crippen LogP contribution in [0, 0.1) is 0 Å². The maximum atomic E-state index is 6.26. The molecule has 3 heteroatoms. The standard InChI is InChI=1S/C38H28N2O/c1-38(2)36-30(21-22-34-35(36)31-15-9-10-16-33(31)41-34)32-23-29(24-39-37(32)38)40(27-13-7-4-8-14-27)28-19-17-26(18-20-28)25-11-5-3-6-12-25/h3-24H,1-2H3. The van der Waals surface area contributed by atoms with Gasteiger partial charge >= 0.3 is 0 Å². The van der Waals surface area contributed by atoms with Gasteiger partial charge in [0.2, 0.25) is 0 Å². The van der Waals surface area contributed by atoms with Gasteiger partial charge in [-0.15, -0.1) is 0 Å². The number of benzene rings is 5. The Bertz CT molecular complexity index is 2060. The van der Waals surface area contributed by atoms with E-state index < -0.39 is 0 Å². The topological polar surface area (TPSA) is 29.3 Å². The number of rotatable bonds is 4. The summed E-state index contributed by atoms with van der Waals surface area (Å²) in [5.74, 6) is 0. The number of hydrogen-bond donors (Lipinski definition) is 0. The normalized spacial score (nSPS) is 13.3. The van der Waals surface area contributed by atoms with Crippen molar-refractivity contribution in [1.29, 1.82) is 0 Å². The Hall–Kier alpha value is -5.15. The van der Waals surface area contributed by atoms with E-state index in [1.54, 1.807) is 0 Å². The third kappa shape index (κ3) is 3.63. The zero-order chi connectivity index (χ0) is 27.6. The van der Waals surface area contributed by atoms with Gasteiger partial charge in [0, 0.05) is 33.1 Å². The molecule has 0 aliphatic heterocycles. The fourth-order valence-electron chi connectivity index (χ4n) is 6.55. The molecule has 41 heavy (non-hydrogen) atoms. The van der Waals surface area contributed by atoms with Gasteiger partial charge < -0.3 is 9.32 Å². The molecular weight excluding hydrogens is 500 g/mol. The Labute approximate surface area is 239 Å². The van der Waals surface area contributed by atoms with Crippen molar-refractivity contribution in [1.82, 2.24) is 4.98 Å². The van der Waals surface area contributed by atoms with E-state index >= 15 is 0 Å². The molecule has 0 atom stereocenters. The van der Waals surface area contributed by atoms with Crippen molar-refractivity contribution in [3.63, 3.8) is 0 Å². The quantitative estimate of drug-likeness (QED) is 0.228. The fraction of sp³-hybridized carbons (Fsp3) is 0.0789. The number of para-hydroxylation sites is 2. The van der Waals surface area contributed by atoms with Crippen LogP contribution < -0.4 is 4.90 Å². The number of pyridine rings is 1. The van der Waals surface area contributed by atoms with Crippen LogP contribution in [0.3, 0.4) is 0 Å². The molecule has 2 heterocycles. The molecule has 0 radical (unpaired) electrons. The Morgan fingerprint density at radius 1 is 0.585 bits per heavy atom. The van der Waals surface area contributed by atoms with E-state index in [-0.39, 0.29) is 5.41 Å². The molecule has 0 unspecified atom stereocenters. The highest BCUT2D eigenvalue weighted by Crippen LogP contribution is 2.53. The fourth-order valence-corrected chi connectivity index (χ4v) is 6.55. The van der Waals surface area contributed by atoms with Crippen LogP contribution in [0.2, 0.25) is 0 Å². The number of nitrogens with zero attached hydrogens (tertiary/aromatic N) is 2. The third-order valence-electron chi connectivity index (χ3n) is 8.43. The average molecular weight is 529 g/mol. The highest BCUT2D eigenvalue weighted by atomic mass is 16.3. The number of fused-ring (bicyclic) bond motifs is 7. The van der Waals surface area contributed by atoms with Crippen LogP contribution >= 0.6 is 0 Å². The lowest BCUT2D eigenvalue weighted by molar-refractivity contribution is 0.639. The second-order valence-electron chi connectivity index (χ2n) is 11.3. The molecule has 0 saturated carbocycles. The average Bonchev–Trinajstić information content (AvgIpc) is 3.50. The summed E-state index contributed by atoms with van der Waals surface area (Å²) < 4.78 is 6.26. The number of aromatic nitrogens is 1. The smallest absolute Gasteiger partial charge is 0.135 e. The lowest BCUT2D eigenvalue weighted by Gasteiger charge is -2.26. The minimum absolute atomic E-state index is 0.260. The largest absolute Gasteiger partial charge is 0.456 e. The van der Waals surface area contributed by atoms with Crippen LogP contribution in [0.5, 0.6) is 0 Å². The Morgan fingerprint density at radius 3 is 2.02 bits per heavy atom. The van der Waals surface area contributed by atoms with E-state index in [9.17, 15) is 0 Å². The summed E-state index contributed by atoms with van der Waals surface area (Å²) in [6.07, 6.45) is 2.02. The lowest BCUT2D eigenvalue weighted by atomic mass is 9.83. The van der Waals surface area contributed by atoms with Gasteiger partial charge in [-0.3, -0.25) is 4.98 Å². The van der Waals surface area contributed by atoms with E-state index in [0.29, 0.717) is 0 Å². The molecule has 0 N–H and O–H groups in total. The van der Waals surface area contributed by atoms with Crippen LogP contribution in [-0.2, 0) is 5.41 Å². The van der Waals surface area contributed by atoms with E-state index in [4.69, 9.17) is 9.40 Å². The van der Waals surface area contributed by atoms with E-state index in [0.717, 1.165) is 39.3 Å². The number of hydrogen-bond acceptors (Lipinski definition) is 3. The summed E-state index contributed by atoms with van der Waals surface area (Å²) in [5.41, 5.74) is 12.0. The van der Waals surface area contributed by atoms with Gasteiger partial charge in [0.1, 0.15) is 11.2 Å². The molecule has 8 rings (SSSR count). The first kappa shape index (κ1) is 23.7. The molecular formula is C38H28N2O. The number of anilines is 3. The van der Waals surface area contributed by atoms with Gasteiger partial charge in [0.05, 0.1) is 17.6 Å². The molecule has 0 fully saturated rings. The van der Waals surface area contributed by atoms with Crippen LogP contribution in [0.25, 0.3) is 44.2 Å². The minimum Gasteiger partial charge on any atom is -0.456 e. The molecule has 0 amide bonds. The van der Waals surface area contributed by atoms with Gasteiger partial charge in [0.25, 0.3) is 0 Å². The third-order valence-corrected chi connectivity index (χ3v) is 8.43. The first-order valence-corrected chi connectivity index (χ1v) is 14.1. The predicted molar refractivity (Wildman–Crippen MR) is 169 cm³/mol. The molecule has 3 nitrogen and oxygen atoms in total. The zero-order valence-corrected chi connectivity index (χ0v) is 23.0. The van der Waals surface area contributed by atoms with Gasteiger partial charge in [0.15, 0.2) is 0 Å². The summed E-state index contributed by atoms with van der Waals surface area (Å²) in [5, 5.41) is 2.35. The first-order valence-electron chi connectivity index (χ1n) is 14.1.